The highest BCUT2D eigenvalue weighted by Crippen LogP contribution is 2.28. The maximum atomic E-state index is 11.7. The molecule has 30 heavy (non-hydrogen) atoms. The van der Waals surface area contributed by atoms with Gasteiger partial charge in [-0.2, -0.15) is 5.10 Å². The number of aromatic nitrogens is 3. The third-order valence-corrected chi connectivity index (χ3v) is 6.04. The quantitative estimate of drug-likeness (QED) is 0.782. The second kappa shape index (κ2) is 8.51. The molecule has 2 saturated heterocycles. The molecule has 2 aliphatic rings. The molecule has 2 aromatic rings. The van der Waals surface area contributed by atoms with Crippen molar-refractivity contribution in [2.24, 2.45) is 0 Å². The van der Waals surface area contributed by atoms with Crippen LogP contribution in [-0.4, -0.2) is 70.9 Å². The van der Waals surface area contributed by atoms with E-state index < -0.39 is 5.56 Å². The summed E-state index contributed by atoms with van der Waals surface area (Å²) in [6.45, 7) is 7.24. The number of amides is 1. The molecule has 0 radical (unpaired) electrons. The average molecular weight is 433 g/mol. The van der Waals surface area contributed by atoms with E-state index in [1.165, 1.54) is 0 Å². The predicted molar refractivity (Wildman–Crippen MR) is 114 cm³/mol. The van der Waals surface area contributed by atoms with E-state index in [4.69, 9.17) is 16.3 Å². The summed E-state index contributed by atoms with van der Waals surface area (Å²) in [6, 6.07) is 4.13. The largest absolute Gasteiger partial charge is 0.472 e. The van der Waals surface area contributed by atoms with Crippen LogP contribution < -0.4 is 20.1 Å². The van der Waals surface area contributed by atoms with Crippen LogP contribution in [0.1, 0.15) is 20.3 Å². The molecular formula is C20H25ClN6O3. The zero-order chi connectivity index (χ0) is 21.3. The van der Waals surface area contributed by atoms with Gasteiger partial charge in [-0.1, -0.05) is 11.6 Å². The first kappa shape index (κ1) is 20.5. The summed E-state index contributed by atoms with van der Waals surface area (Å²) in [7, 11) is 0. The van der Waals surface area contributed by atoms with Crippen molar-refractivity contribution in [2.45, 2.75) is 32.4 Å². The summed E-state index contributed by atoms with van der Waals surface area (Å²) >= 11 is 6.12. The molecule has 0 saturated carbocycles. The summed E-state index contributed by atoms with van der Waals surface area (Å²) in [5.74, 6) is 0.678. The number of rotatable bonds is 4. The van der Waals surface area contributed by atoms with E-state index in [-0.39, 0.29) is 23.1 Å². The number of H-pyrrole nitrogens is 1. The molecule has 0 aromatic carbocycles. The van der Waals surface area contributed by atoms with Gasteiger partial charge in [-0.25, -0.2) is 10.1 Å². The highest BCUT2D eigenvalue weighted by Gasteiger charge is 2.28. The molecule has 4 heterocycles. The number of carbonyl (C=O) groups is 1. The van der Waals surface area contributed by atoms with Crippen LogP contribution in [0.5, 0.6) is 5.88 Å². The van der Waals surface area contributed by atoms with Crippen molar-refractivity contribution in [3.8, 4) is 5.88 Å². The lowest BCUT2D eigenvalue weighted by atomic mass is 10.1. The smallest absolute Gasteiger partial charge is 0.285 e. The number of nitrogens with one attached hydrogen (secondary N) is 1. The SMILES string of the molecule is CC(=O)N1CCN(c2ccnc(O[C@@H]3CCN(c4cn[nH]c(=O)c4Cl)C3)c2)[C@H](C)C1. The van der Waals surface area contributed by atoms with Crippen molar-refractivity contribution in [2.75, 3.05) is 42.5 Å². The Hall–Kier alpha value is -2.81. The van der Waals surface area contributed by atoms with Crippen LogP contribution >= 0.6 is 11.6 Å². The Bertz CT molecular complexity index is 983. The molecule has 2 atom stereocenters. The van der Waals surface area contributed by atoms with Gasteiger partial charge in [0.05, 0.1) is 18.4 Å². The van der Waals surface area contributed by atoms with Crippen LogP contribution in [-0.2, 0) is 4.79 Å². The second-order valence-corrected chi connectivity index (χ2v) is 8.11. The van der Waals surface area contributed by atoms with E-state index >= 15 is 0 Å². The Morgan fingerprint density at radius 1 is 1.30 bits per heavy atom. The number of ether oxygens (including phenoxy) is 1. The molecule has 9 nitrogen and oxygen atoms in total. The first-order chi connectivity index (χ1) is 14.4. The molecule has 0 unspecified atom stereocenters. The number of halogens is 1. The van der Waals surface area contributed by atoms with Crippen molar-refractivity contribution >= 4 is 28.9 Å². The normalized spacial score (nSPS) is 21.8. The zero-order valence-corrected chi connectivity index (χ0v) is 17.8. The lowest BCUT2D eigenvalue weighted by molar-refractivity contribution is -0.129. The lowest BCUT2D eigenvalue weighted by Crippen LogP contribution is -2.53. The molecule has 2 aromatic heterocycles. The summed E-state index contributed by atoms with van der Waals surface area (Å²) in [4.78, 5) is 33.9. The maximum Gasteiger partial charge on any atom is 0.285 e. The molecule has 0 aliphatic carbocycles. The monoisotopic (exact) mass is 432 g/mol. The summed E-state index contributed by atoms with van der Waals surface area (Å²) in [6.07, 6.45) is 4.05. The Labute approximate surface area is 179 Å². The Morgan fingerprint density at radius 2 is 2.13 bits per heavy atom. The lowest BCUT2D eigenvalue weighted by Gasteiger charge is -2.41. The molecular weight excluding hydrogens is 408 g/mol. The first-order valence-corrected chi connectivity index (χ1v) is 10.4. The van der Waals surface area contributed by atoms with Gasteiger partial charge in [0, 0.05) is 63.5 Å². The van der Waals surface area contributed by atoms with Crippen LogP contribution in [0.2, 0.25) is 5.02 Å². The van der Waals surface area contributed by atoms with Gasteiger partial charge >= 0.3 is 0 Å². The number of hydrogen-bond acceptors (Lipinski definition) is 7. The number of hydrogen-bond donors (Lipinski definition) is 1. The van der Waals surface area contributed by atoms with Crippen LogP contribution in [0.15, 0.2) is 29.3 Å². The molecule has 4 rings (SSSR count). The Morgan fingerprint density at radius 3 is 2.90 bits per heavy atom. The second-order valence-electron chi connectivity index (χ2n) is 7.73. The van der Waals surface area contributed by atoms with Crippen molar-refractivity contribution in [1.29, 1.82) is 0 Å². The molecule has 1 amide bonds. The van der Waals surface area contributed by atoms with Crippen LogP contribution in [0.3, 0.4) is 0 Å². The molecule has 160 valence electrons. The maximum absolute atomic E-state index is 11.7. The van der Waals surface area contributed by atoms with E-state index in [1.807, 2.05) is 21.9 Å². The topological polar surface area (TPSA) is 94.7 Å². The number of pyridine rings is 1. The van der Waals surface area contributed by atoms with Gasteiger partial charge in [0.15, 0.2) is 0 Å². The van der Waals surface area contributed by atoms with Crippen LogP contribution in [0.25, 0.3) is 0 Å². The van der Waals surface area contributed by atoms with Gasteiger partial charge in [-0.15, -0.1) is 0 Å². The molecule has 0 bridgehead atoms. The number of anilines is 2. The van der Waals surface area contributed by atoms with Crippen LogP contribution in [0.4, 0.5) is 11.4 Å². The third-order valence-electron chi connectivity index (χ3n) is 5.67. The fourth-order valence-electron chi connectivity index (χ4n) is 4.08. The first-order valence-electron chi connectivity index (χ1n) is 10.1. The molecule has 10 heteroatoms. The average Bonchev–Trinajstić information content (AvgIpc) is 3.18. The summed E-state index contributed by atoms with van der Waals surface area (Å²) in [5.41, 5.74) is 1.25. The van der Waals surface area contributed by atoms with Gasteiger partial charge in [0.2, 0.25) is 11.8 Å². The summed E-state index contributed by atoms with van der Waals surface area (Å²) in [5, 5.41) is 6.31. The molecule has 1 N–H and O–H groups in total. The molecule has 2 aliphatic heterocycles. The van der Waals surface area contributed by atoms with E-state index in [0.717, 1.165) is 25.2 Å². The van der Waals surface area contributed by atoms with Crippen molar-refractivity contribution < 1.29 is 9.53 Å². The molecule has 2 fully saturated rings. The number of nitrogens with zero attached hydrogens (tertiary/aromatic N) is 5. The number of aromatic amines is 1. The van der Waals surface area contributed by atoms with Gasteiger partial charge in [-0.05, 0) is 13.0 Å². The van der Waals surface area contributed by atoms with E-state index in [0.29, 0.717) is 31.2 Å². The highest BCUT2D eigenvalue weighted by atomic mass is 35.5. The van der Waals surface area contributed by atoms with Gasteiger partial charge in [0.1, 0.15) is 11.1 Å². The Balaban J connectivity index is 1.41. The van der Waals surface area contributed by atoms with Gasteiger partial charge in [-0.3, -0.25) is 9.59 Å². The molecule has 0 spiro atoms. The summed E-state index contributed by atoms with van der Waals surface area (Å²) < 4.78 is 6.13. The minimum atomic E-state index is -0.396. The minimum absolute atomic E-state index is 0.0601. The van der Waals surface area contributed by atoms with E-state index in [9.17, 15) is 9.59 Å². The van der Waals surface area contributed by atoms with E-state index in [1.54, 1.807) is 19.3 Å². The zero-order valence-electron chi connectivity index (χ0n) is 17.0. The van der Waals surface area contributed by atoms with E-state index in [2.05, 4.69) is 27.0 Å². The van der Waals surface area contributed by atoms with Gasteiger partial charge in [0.25, 0.3) is 5.56 Å². The Kier molecular flexibility index (Phi) is 5.80. The number of carbonyl (C=O) groups excluding carboxylic acids is 1. The van der Waals surface area contributed by atoms with Crippen molar-refractivity contribution in [1.82, 2.24) is 20.1 Å². The van der Waals surface area contributed by atoms with Gasteiger partial charge < -0.3 is 19.4 Å². The highest BCUT2D eigenvalue weighted by molar-refractivity contribution is 6.33. The predicted octanol–water partition coefficient (Wildman–Crippen LogP) is 1.53. The number of piperazine rings is 1. The minimum Gasteiger partial charge on any atom is -0.472 e. The van der Waals surface area contributed by atoms with Crippen molar-refractivity contribution in [3.63, 3.8) is 0 Å². The van der Waals surface area contributed by atoms with Crippen LogP contribution in [0, 0.1) is 0 Å². The standard InChI is InChI=1S/C20H25ClN6O3/c1-13-11-25(14(2)28)7-8-27(13)15-3-5-22-18(9-15)30-16-4-6-26(12-16)17-10-23-24-20(29)19(17)21/h3,5,9-10,13,16H,4,6-8,11-12H2,1-2H3,(H,24,29)/t13-,16-/m1/s1. The third kappa shape index (κ3) is 4.21. The fraction of sp³-hybridized carbons (Fsp3) is 0.500. The van der Waals surface area contributed by atoms with Crippen molar-refractivity contribution in [3.05, 3.63) is 39.9 Å². The fourth-order valence-corrected chi connectivity index (χ4v) is 4.29.